The van der Waals surface area contributed by atoms with E-state index in [2.05, 4.69) is 10.1 Å². The Bertz CT molecular complexity index is 561. The topological polar surface area (TPSA) is 74.2 Å². The second kappa shape index (κ2) is 7.80. The highest BCUT2D eigenvalue weighted by atomic mass is 19.3. The summed E-state index contributed by atoms with van der Waals surface area (Å²) in [7, 11) is 0. The molecule has 2 aromatic rings. The summed E-state index contributed by atoms with van der Waals surface area (Å²) in [6.45, 7) is 0.00984. The molecule has 114 valence electrons. The van der Waals surface area contributed by atoms with Crippen molar-refractivity contribution in [3.8, 4) is 0 Å². The first-order chi connectivity index (χ1) is 10.2. The van der Waals surface area contributed by atoms with Crippen LogP contribution in [-0.2, 0) is 24.1 Å². The van der Waals surface area contributed by atoms with Crippen molar-refractivity contribution in [3.05, 3.63) is 47.1 Å². The monoisotopic (exact) mass is 297 g/mol. The Balaban J connectivity index is 1.88. The summed E-state index contributed by atoms with van der Waals surface area (Å²) in [6.07, 6.45) is -1.62. The molecular formula is C14H17F2N3O2. The second-order valence-electron chi connectivity index (χ2n) is 4.47. The van der Waals surface area contributed by atoms with Crippen LogP contribution in [0.2, 0.25) is 0 Å². The van der Waals surface area contributed by atoms with Crippen LogP contribution in [0, 0.1) is 0 Å². The molecule has 1 aromatic carbocycles. The number of hydrogen-bond donors (Lipinski definition) is 1. The number of nitrogens with two attached hydrogens (primary N) is 1. The van der Waals surface area contributed by atoms with Crippen molar-refractivity contribution in [3.63, 3.8) is 0 Å². The summed E-state index contributed by atoms with van der Waals surface area (Å²) in [5.41, 5.74) is 7.73. The first-order valence-corrected chi connectivity index (χ1v) is 6.63. The van der Waals surface area contributed by atoms with Gasteiger partial charge >= 0.3 is 0 Å². The molecule has 0 radical (unpaired) electrons. The molecule has 0 bridgehead atoms. The molecule has 2 N–H and O–H groups in total. The zero-order chi connectivity index (χ0) is 15.1. The maximum Gasteiger partial charge on any atom is 0.261 e. The van der Waals surface area contributed by atoms with E-state index in [4.69, 9.17) is 15.0 Å². The molecule has 0 spiro atoms. The summed E-state index contributed by atoms with van der Waals surface area (Å²) >= 11 is 0. The fourth-order valence-corrected chi connectivity index (χ4v) is 1.89. The highest BCUT2D eigenvalue weighted by molar-refractivity contribution is 5.28. The van der Waals surface area contributed by atoms with Crippen molar-refractivity contribution in [1.29, 1.82) is 0 Å². The fourth-order valence-electron chi connectivity index (χ4n) is 1.89. The van der Waals surface area contributed by atoms with Crippen molar-refractivity contribution >= 4 is 0 Å². The lowest BCUT2D eigenvalue weighted by Gasteiger charge is -2.03. The number of benzene rings is 1. The van der Waals surface area contributed by atoms with Crippen LogP contribution in [0.3, 0.4) is 0 Å². The van der Waals surface area contributed by atoms with Gasteiger partial charge in [-0.3, -0.25) is 0 Å². The van der Waals surface area contributed by atoms with E-state index < -0.39 is 13.0 Å². The van der Waals surface area contributed by atoms with Gasteiger partial charge in [-0.15, -0.1) is 0 Å². The standard InChI is InChI=1S/C14H17F2N3O2/c15-12(16)9-20-6-5-13-18-14(21-19-13)7-10-3-1-2-4-11(10)8-17/h1-4,12H,5-9,17H2. The molecule has 21 heavy (non-hydrogen) atoms. The Labute approximate surface area is 121 Å². The zero-order valence-electron chi connectivity index (χ0n) is 11.5. The fraction of sp³-hybridized carbons (Fsp3) is 0.429. The Hall–Kier alpha value is -1.86. The number of alkyl halides is 2. The van der Waals surface area contributed by atoms with Crippen LogP contribution >= 0.6 is 0 Å². The van der Waals surface area contributed by atoms with E-state index in [1.165, 1.54) is 0 Å². The summed E-state index contributed by atoms with van der Waals surface area (Å²) in [4.78, 5) is 4.21. The molecule has 0 fully saturated rings. The van der Waals surface area contributed by atoms with Crippen LogP contribution in [0.15, 0.2) is 28.8 Å². The quantitative estimate of drug-likeness (QED) is 0.754. The minimum atomic E-state index is -2.46. The number of halogens is 2. The molecule has 1 aromatic heterocycles. The summed E-state index contributed by atoms with van der Waals surface area (Å²) in [6, 6.07) is 7.75. The second-order valence-corrected chi connectivity index (χ2v) is 4.47. The summed E-state index contributed by atoms with van der Waals surface area (Å²) in [5, 5.41) is 3.80. The Morgan fingerprint density at radius 1 is 1.24 bits per heavy atom. The molecule has 0 amide bonds. The van der Waals surface area contributed by atoms with Crippen LogP contribution < -0.4 is 5.73 Å². The van der Waals surface area contributed by atoms with E-state index in [1.807, 2.05) is 24.3 Å². The number of ether oxygens (including phenoxy) is 1. The van der Waals surface area contributed by atoms with E-state index >= 15 is 0 Å². The van der Waals surface area contributed by atoms with Crippen LogP contribution in [0.5, 0.6) is 0 Å². The van der Waals surface area contributed by atoms with Crippen LogP contribution in [-0.4, -0.2) is 29.8 Å². The van der Waals surface area contributed by atoms with Crippen molar-refractivity contribution < 1.29 is 18.0 Å². The van der Waals surface area contributed by atoms with Gasteiger partial charge in [0, 0.05) is 13.0 Å². The molecule has 0 saturated heterocycles. The van der Waals surface area contributed by atoms with Crippen LogP contribution in [0.4, 0.5) is 8.78 Å². The van der Waals surface area contributed by atoms with Crippen molar-refractivity contribution in [2.24, 2.45) is 5.73 Å². The third-order valence-electron chi connectivity index (χ3n) is 2.90. The maximum absolute atomic E-state index is 11.9. The van der Waals surface area contributed by atoms with Gasteiger partial charge in [-0.25, -0.2) is 8.78 Å². The number of rotatable bonds is 8. The lowest BCUT2D eigenvalue weighted by Crippen LogP contribution is -2.07. The van der Waals surface area contributed by atoms with Gasteiger partial charge in [0.1, 0.15) is 6.61 Å². The predicted molar refractivity (Wildman–Crippen MR) is 72.0 cm³/mol. The van der Waals surface area contributed by atoms with Crippen molar-refractivity contribution in [1.82, 2.24) is 10.1 Å². The van der Waals surface area contributed by atoms with E-state index in [0.29, 0.717) is 31.1 Å². The van der Waals surface area contributed by atoms with Crippen LogP contribution in [0.1, 0.15) is 22.8 Å². The highest BCUT2D eigenvalue weighted by Crippen LogP contribution is 2.13. The molecule has 0 aliphatic rings. The van der Waals surface area contributed by atoms with Gasteiger partial charge in [0.05, 0.1) is 13.0 Å². The number of nitrogens with zero attached hydrogens (tertiary/aromatic N) is 2. The third kappa shape index (κ3) is 4.87. The van der Waals surface area contributed by atoms with Gasteiger partial charge in [-0.2, -0.15) is 4.98 Å². The van der Waals surface area contributed by atoms with Crippen molar-refractivity contribution in [2.75, 3.05) is 13.2 Å². The molecule has 2 rings (SSSR count). The normalized spacial score (nSPS) is 11.2. The Kier molecular flexibility index (Phi) is 5.77. The highest BCUT2D eigenvalue weighted by Gasteiger charge is 2.10. The predicted octanol–water partition coefficient (Wildman–Crippen LogP) is 1.94. The van der Waals surface area contributed by atoms with Gasteiger partial charge in [0.2, 0.25) is 5.89 Å². The average molecular weight is 297 g/mol. The molecule has 0 unspecified atom stereocenters. The van der Waals surface area contributed by atoms with E-state index in [-0.39, 0.29) is 6.61 Å². The van der Waals surface area contributed by atoms with Gasteiger partial charge < -0.3 is 15.0 Å². The SMILES string of the molecule is NCc1ccccc1Cc1nc(CCOCC(F)F)no1. The van der Waals surface area contributed by atoms with Gasteiger partial charge in [-0.05, 0) is 11.1 Å². The zero-order valence-corrected chi connectivity index (χ0v) is 11.5. The van der Waals surface area contributed by atoms with Gasteiger partial charge in [0.15, 0.2) is 5.82 Å². The molecule has 0 aliphatic heterocycles. The van der Waals surface area contributed by atoms with Gasteiger partial charge in [0.25, 0.3) is 6.43 Å². The first kappa shape index (κ1) is 15.5. The van der Waals surface area contributed by atoms with E-state index in [0.717, 1.165) is 11.1 Å². The lowest BCUT2D eigenvalue weighted by atomic mass is 10.0. The smallest absolute Gasteiger partial charge is 0.261 e. The third-order valence-corrected chi connectivity index (χ3v) is 2.90. The first-order valence-electron chi connectivity index (χ1n) is 6.63. The Morgan fingerprint density at radius 3 is 2.71 bits per heavy atom. The molecular weight excluding hydrogens is 280 g/mol. The summed E-state index contributed by atoms with van der Waals surface area (Å²) < 4.78 is 33.7. The van der Waals surface area contributed by atoms with E-state index in [1.54, 1.807) is 0 Å². The van der Waals surface area contributed by atoms with Gasteiger partial charge in [-0.1, -0.05) is 29.4 Å². The minimum absolute atomic E-state index is 0.142. The number of hydrogen-bond acceptors (Lipinski definition) is 5. The summed E-state index contributed by atoms with van der Waals surface area (Å²) in [5.74, 6) is 0.921. The largest absolute Gasteiger partial charge is 0.375 e. The molecule has 1 heterocycles. The average Bonchev–Trinajstić information content (AvgIpc) is 2.91. The maximum atomic E-state index is 11.9. The van der Waals surface area contributed by atoms with Crippen LogP contribution in [0.25, 0.3) is 0 Å². The lowest BCUT2D eigenvalue weighted by molar-refractivity contribution is 0.0182. The molecule has 5 nitrogen and oxygen atoms in total. The van der Waals surface area contributed by atoms with Crippen molar-refractivity contribution in [2.45, 2.75) is 25.8 Å². The molecule has 0 aliphatic carbocycles. The number of aromatic nitrogens is 2. The molecule has 0 saturated carbocycles. The minimum Gasteiger partial charge on any atom is -0.375 e. The van der Waals surface area contributed by atoms with E-state index in [9.17, 15) is 8.78 Å². The molecule has 0 atom stereocenters. The Morgan fingerprint density at radius 2 is 2.00 bits per heavy atom. The molecule has 7 heteroatoms.